The first-order valence-corrected chi connectivity index (χ1v) is 11.7. The van der Waals surface area contributed by atoms with E-state index in [0.29, 0.717) is 16.7 Å². The zero-order chi connectivity index (χ0) is 21.3. The summed E-state index contributed by atoms with van der Waals surface area (Å²) in [5.74, 6) is 0.180. The van der Waals surface area contributed by atoms with Crippen LogP contribution in [0.15, 0.2) is 69.0 Å². The predicted molar refractivity (Wildman–Crippen MR) is 113 cm³/mol. The molecule has 0 amide bonds. The van der Waals surface area contributed by atoms with E-state index in [1.54, 1.807) is 24.3 Å². The van der Waals surface area contributed by atoms with Crippen molar-refractivity contribution in [3.63, 3.8) is 0 Å². The minimum atomic E-state index is -4.09. The number of benzene rings is 2. The van der Waals surface area contributed by atoms with Gasteiger partial charge in [0.1, 0.15) is 5.58 Å². The maximum absolute atomic E-state index is 12.9. The highest BCUT2D eigenvalue weighted by Gasteiger charge is 2.23. The van der Waals surface area contributed by atoms with Crippen LogP contribution in [0.5, 0.6) is 0 Å². The Morgan fingerprint density at radius 2 is 1.97 bits per heavy atom. The Hall–Kier alpha value is -2.86. The van der Waals surface area contributed by atoms with Gasteiger partial charge in [-0.3, -0.25) is 24.7 Å². The van der Waals surface area contributed by atoms with Crippen LogP contribution in [0.4, 0.5) is 11.5 Å². The third-order valence-electron chi connectivity index (χ3n) is 4.13. The lowest BCUT2D eigenvalue weighted by Crippen LogP contribution is -2.14. The van der Waals surface area contributed by atoms with Gasteiger partial charge in [-0.25, -0.2) is 0 Å². The number of nitrogens with zero attached hydrogens (tertiary/aromatic N) is 1. The summed E-state index contributed by atoms with van der Waals surface area (Å²) in [5.41, 5.74) is 2.86. The topological polar surface area (TPSA) is 137 Å². The van der Waals surface area contributed by atoms with Crippen molar-refractivity contribution < 1.29 is 22.3 Å². The molecule has 30 heavy (non-hydrogen) atoms. The molecule has 0 aliphatic heterocycles. The van der Waals surface area contributed by atoms with Crippen LogP contribution in [0, 0.1) is 0 Å². The lowest BCUT2D eigenvalue weighted by molar-refractivity contribution is 0.386. The Morgan fingerprint density at radius 1 is 1.17 bits per heavy atom. The average Bonchev–Trinajstić information content (AvgIpc) is 3.34. The third kappa shape index (κ3) is 4.19. The molecule has 0 aliphatic carbocycles. The largest absolute Gasteiger partial charge is 0.443 e. The highest BCUT2D eigenvalue weighted by Crippen LogP contribution is 2.30. The van der Waals surface area contributed by atoms with Gasteiger partial charge < -0.3 is 4.42 Å². The molecule has 4 aromatic rings. The molecule has 0 aliphatic rings. The molecule has 0 bridgehead atoms. The maximum Gasteiger partial charge on any atom is 0.295 e. The first kappa shape index (κ1) is 20.4. The number of H-pyrrole nitrogens is 1. The van der Waals surface area contributed by atoms with Crippen molar-refractivity contribution in [2.75, 3.05) is 10.2 Å². The summed E-state index contributed by atoms with van der Waals surface area (Å²) in [6.45, 7) is 0. The second-order valence-electron chi connectivity index (χ2n) is 6.23. The lowest BCUT2D eigenvalue weighted by Gasteiger charge is -2.11. The molecule has 1 atom stereocenters. The molecule has 2 aromatic heterocycles. The van der Waals surface area contributed by atoms with Crippen molar-refractivity contribution in [1.82, 2.24) is 10.2 Å². The molecule has 0 fully saturated rings. The molecule has 9 nitrogen and oxygen atoms in total. The van der Waals surface area contributed by atoms with Gasteiger partial charge in [0.05, 0.1) is 32.8 Å². The molecule has 12 heteroatoms. The van der Waals surface area contributed by atoms with Crippen molar-refractivity contribution in [1.29, 1.82) is 0 Å². The number of halogens is 1. The fraction of sp³-hybridized carbons (Fsp3) is 0.0556. The van der Waals surface area contributed by atoms with Gasteiger partial charge >= 0.3 is 0 Å². The second-order valence-corrected chi connectivity index (χ2v) is 9.70. The first-order valence-electron chi connectivity index (χ1n) is 8.49. The molecule has 0 radical (unpaired) electrons. The van der Waals surface area contributed by atoms with E-state index in [1.165, 1.54) is 30.3 Å². The van der Waals surface area contributed by atoms with Gasteiger partial charge in [-0.1, -0.05) is 29.8 Å². The van der Waals surface area contributed by atoms with Gasteiger partial charge in [0.15, 0.2) is 5.82 Å². The van der Waals surface area contributed by atoms with Crippen LogP contribution >= 0.6 is 11.6 Å². The molecular formula is C18H15ClN4O5S2. The van der Waals surface area contributed by atoms with Crippen molar-refractivity contribution in [3.8, 4) is 0 Å². The molecule has 4 rings (SSSR count). The number of furan rings is 1. The van der Waals surface area contributed by atoms with Crippen LogP contribution in [0.25, 0.3) is 11.0 Å². The minimum Gasteiger partial charge on any atom is -0.443 e. The van der Waals surface area contributed by atoms with Gasteiger partial charge in [-0.05, 0) is 24.3 Å². The zero-order valence-corrected chi connectivity index (χ0v) is 17.5. The van der Waals surface area contributed by atoms with Crippen LogP contribution in [0.2, 0.25) is 5.02 Å². The number of anilines is 2. The number of aromatic amines is 1. The number of nitrogens with one attached hydrogen (secondary N) is 3. The number of hydrogen-bond acceptors (Lipinski definition) is 7. The summed E-state index contributed by atoms with van der Waals surface area (Å²) in [7, 11) is -5.74. The summed E-state index contributed by atoms with van der Waals surface area (Å²) in [6.07, 6.45) is 0. The first-order chi connectivity index (χ1) is 14.4. The Bertz CT molecular complexity index is 1320. The van der Waals surface area contributed by atoms with Crippen LogP contribution in [-0.4, -0.2) is 28.0 Å². The zero-order valence-electron chi connectivity index (χ0n) is 15.1. The third-order valence-corrected chi connectivity index (χ3v) is 7.01. The number of fused-ring (bicyclic) bond motifs is 1. The molecule has 1 unspecified atom stereocenters. The maximum atomic E-state index is 12.9. The van der Waals surface area contributed by atoms with E-state index in [1.807, 2.05) is 5.48 Å². The summed E-state index contributed by atoms with van der Waals surface area (Å²) in [6, 6.07) is 14.2. The van der Waals surface area contributed by atoms with Gasteiger partial charge in [0, 0.05) is 22.5 Å². The van der Waals surface area contributed by atoms with Crippen molar-refractivity contribution in [3.05, 3.63) is 65.3 Å². The van der Waals surface area contributed by atoms with Crippen LogP contribution in [0.3, 0.4) is 0 Å². The number of aromatic nitrogens is 2. The van der Waals surface area contributed by atoms with E-state index < -0.39 is 20.8 Å². The minimum absolute atomic E-state index is 0.00960. The van der Waals surface area contributed by atoms with Gasteiger partial charge in [0.25, 0.3) is 10.0 Å². The molecule has 156 valence electrons. The Kier molecular flexibility index (Phi) is 5.52. The fourth-order valence-electron chi connectivity index (χ4n) is 2.78. The van der Waals surface area contributed by atoms with Crippen LogP contribution < -0.4 is 10.2 Å². The highest BCUT2D eigenvalue weighted by molar-refractivity contribution is 7.92. The van der Waals surface area contributed by atoms with E-state index in [4.69, 9.17) is 21.2 Å². The van der Waals surface area contributed by atoms with Crippen molar-refractivity contribution in [2.24, 2.45) is 0 Å². The number of sulfonamides is 1. The molecule has 0 saturated heterocycles. The second kappa shape index (κ2) is 8.11. The van der Waals surface area contributed by atoms with Gasteiger partial charge in [0.2, 0.25) is 5.09 Å². The Morgan fingerprint density at radius 3 is 2.70 bits per heavy atom. The van der Waals surface area contributed by atoms with Crippen molar-refractivity contribution >= 4 is 54.9 Å². The van der Waals surface area contributed by atoms with E-state index in [9.17, 15) is 12.6 Å². The Balaban J connectivity index is 1.64. The summed E-state index contributed by atoms with van der Waals surface area (Å²) in [4.78, 5) is 0.229. The predicted octanol–water partition coefficient (Wildman–Crippen LogP) is 3.72. The summed E-state index contributed by atoms with van der Waals surface area (Å²) >= 11 is 6.03. The molecule has 0 spiro atoms. The van der Waals surface area contributed by atoms with Crippen molar-refractivity contribution in [2.45, 2.75) is 15.7 Å². The highest BCUT2D eigenvalue weighted by atomic mass is 35.5. The molecule has 2 heterocycles. The average molecular weight is 467 g/mol. The monoisotopic (exact) mass is 466 g/mol. The summed E-state index contributed by atoms with van der Waals surface area (Å²) < 4.78 is 46.5. The number of para-hydroxylation sites is 1. The van der Waals surface area contributed by atoms with E-state index >= 15 is 0 Å². The normalized spacial score (nSPS) is 12.7. The van der Waals surface area contributed by atoms with Gasteiger partial charge in [-0.15, -0.1) is 0 Å². The molecule has 0 saturated carbocycles. The van der Waals surface area contributed by atoms with E-state index in [0.717, 1.165) is 0 Å². The molecule has 4 N–H and O–H groups in total. The SMILES string of the molecule is O=S(Cc1cc(NO)n[nH]1)c1ccc(Cl)cc1NS(=O)(=O)c1cc2ccccc2o1. The van der Waals surface area contributed by atoms with Crippen LogP contribution in [0.1, 0.15) is 5.69 Å². The fourth-order valence-corrected chi connectivity index (χ4v) is 5.22. The molecule has 2 aromatic carbocycles. The van der Waals surface area contributed by atoms with E-state index in [2.05, 4.69) is 14.9 Å². The standard InChI is InChI=1S/C18H15ClN4O5S2/c19-12-5-6-16(29(25)10-13-9-17(22-24)21-20-13)14(8-12)23-30(26,27)18-7-11-3-1-2-4-15(11)28-18/h1-9,23-24H,10H2,(H2,20,21,22). The summed E-state index contributed by atoms with van der Waals surface area (Å²) in [5, 5.41) is 15.9. The lowest BCUT2D eigenvalue weighted by atomic mass is 10.3. The van der Waals surface area contributed by atoms with E-state index in [-0.39, 0.29) is 32.3 Å². The van der Waals surface area contributed by atoms with Crippen LogP contribution in [-0.2, 0) is 26.6 Å². The Labute approximate surface area is 178 Å². The van der Waals surface area contributed by atoms with Gasteiger partial charge in [-0.2, -0.15) is 13.5 Å². The number of rotatable bonds is 7. The smallest absolute Gasteiger partial charge is 0.295 e. The molecular weight excluding hydrogens is 452 g/mol. The quantitative estimate of drug-likeness (QED) is 0.304. The number of hydrogen-bond donors (Lipinski definition) is 4.